The van der Waals surface area contributed by atoms with E-state index >= 15 is 0 Å². The van der Waals surface area contributed by atoms with Crippen molar-refractivity contribution in [2.75, 3.05) is 17.8 Å². The van der Waals surface area contributed by atoms with E-state index in [9.17, 15) is 13.2 Å². The minimum absolute atomic E-state index is 0.000575. The molecule has 3 aromatic rings. The summed E-state index contributed by atoms with van der Waals surface area (Å²) < 4.78 is 29.5. The summed E-state index contributed by atoms with van der Waals surface area (Å²) in [5, 5.41) is 5.40. The lowest BCUT2D eigenvalue weighted by atomic mass is 10.1. The van der Waals surface area contributed by atoms with E-state index in [4.69, 9.17) is 11.6 Å². The van der Waals surface area contributed by atoms with Crippen LogP contribution in [-0.2, 0) is 14.8 Å². The summed E-state index contributed by atoms with van der Waals surface area (Å²) in [4.78, 5) is 16.0. The van der Waals surface area contributed by atoms with E-state index < -0.39 is 10.0 Å². The third kappa shape index (κ3) is 2.82. The van der Waals surface area contributed by atoms with Crippen LogP contribution in [0.15, 0.2) is 41.7 Å². The summed E-state index contributed by atoms with van der Waals surface area (Å²) in [5.41, 5.74) is 1.03. The van der Waals surface area contributed by atoms with Gasteiger partial charge < -0.3 is 9.88 Å². The number of carbonyl (C=O) groups excluding carboxylic acids is 1. The van der Waals surface area contributed by atoms with Crippen molar-refractivity contribution in [3.8, 4) is 0 Å². The zero-order valence-corrected chi connectivity index (χ0v) is 15.4. The molecule has 0 saturated carbocycles. The number of amides is 1. The number of H-pyrrole nitrogens is 1. The zero-order chi connectivity index (χ0) is 18.5. The van der Waals surface area contributed by atoms with E-state index in [1.807, 2.05) is 0 Å². The predicted octanol–water partition coefficient (Wildman–Crippen LogP) is 2.22. The summed E-state index contributed by atoms with van der Waals surface area (Å²) in [6.07, 6.45) is 4.40. The van der Waals surface area contributed by atoms with Gasteiger partial charge in [0, 0.05) is 37.8 Å². The molecule has 1 aliphatic rings. The number of aromatic nitrogens is 3. The van der Waals surface area contributed by atoms with E-state index in [-0.39, 0.29) is 16.8 Å². The van der Waals surface area contributed by atoms with Crippen LogP contribution in [0.3, 0.4) is 0 Å². The lowest BCUT2D eigenvalue weighted by molar-refractivity contribution is -0.134. The number of fused-ring (bicyclic) bond motifs is 1. The van der Waals surface area contributed by atoms with Crippen molar-refractivity contribution in [1.29, 1.82) is 0 Å². The van der Waals surface area contributed by atoms with Crippen LogP contribution in [0.25, 0.3) is 10.9 Å². The van der Waals surface area contributed by atoms with Gasteiger partial charge in [-0.25, -0.2) is 8.42 Å². The standard InChI is InChI=1S/C16H16ClN5O3S/c1-10(23)21-7-11(8-21)22-9-12(5-19-22)26(24,25)20-15-4-2-3-13-14(17)6-18-16(13)15/h2-6,9,11,18,20H,7-8H2,1H3. The lowest BCUT2D eigenvalue weighted by Crippen LogP contribution is -2.49. The fourth-order valence-electron chi connectivity index (χ4n) is 2.95. The first-order chi connectivity index (χ1) is 12.3. The van der Waals surface area contributed by atoms with Crippen molar-refractivity contribution in [1.82, 2.24) is 19.7 Å². The normalized spacial score (nSPS) is 15.2. The SMILES string of the molecule is CC(=O)N1CC(n2cc(S(=O)(=O)Nc3cccc4c(Cl)c[nH]c34)cn2)C1. The Morgan fingerprint density at radius 2 is 2.15 bits per heavy atom. The Labute approximate surface area is 154 Å². The largest absolute Gasteiger partial charge is 0.358 e. The van der Waals surface area contributed by atoms with Crippen molar-refractivity contribution in [2.45, 2.75) is 17.9 Å². The van der Waals surface area contributed by atoms with Crippen LogP contribution < -0.4 is 4.72 Å². The zero-order valence-electron chi connectivity index (χ0n) is 13.8. The van der Waals surface area contributed by atoms with E-state index in [2.05, 4.69) is 14.8 Å². The maximum atomic E-state index is 12.7. The Hall–Kier alpha value is -2.52. The number of hydrogen-bond donors (Lipinski definition) is 2. The second kappa shape index (κ2) is 6.03. The summed E-state index contributed by atoms with van der Waals surface area (Å²) >= 11 is 6.08. The summed E-state index contributed by atoms with van der Waals surface area (Å²) in [7, 11) is -3.80. The smallest absolute Gasteiger partial charge is 0.265 e. The molecule has 2 N–H and O–H groups in total. The van der Waals surface area contributed by atoms with Crippen LogP contribution in [0.5, 0.6) is 0 Å². The van der Waals surface area contributed by atoms with Gasteiger partial charge in [0.05, 0.1) is 28.5 Å². The van der Waals surface area contributed by atoms with Gasteiger partial charge in [-0.1, -0.05) is 23.7 Å². The average molecular weight is 394 g/mol. The fraction of sp³-hybridized carbons (Fsp3) is 0.250. The molecule has 2 aromatic heterocycles. The molecule has 0 bridgehead atoms. The van der Waals surface area contributed by atoms with Crippen LogP contribution in [0, 0.1) is 0 Å². The van der Waals surface area contributed by atoms with Gasteiger partial charge in [0.25, 0.3) is 10.0 Å². The van der Waals surface area contributed by atoms with Gasteiger partial charge in [0.1, 0.15) is 4.90 Å². The maximum absolute atomic E-state index is 12.7. The Morgan fingerprint density at radius 1 is 1.38 bits per heavy atom. The van der Waals surface area contributed by atoms with E-state index in [1.54, 1.807) is 34.0 Å². The molecule has 0 spiro atoms. The molecule has 0 aliphatic carbocycles. The van der Waals surface area contributed by atoms with Crippen LogP contribution in [0.4, 0.5) is 5.69 Å². The average Bonchev–Trinajstić information content (AvgIpc) is 3.14. The van der Waals surface area contributed by atoms with Gasteiger partial charge >= 0.3 is 0 Å². The monoisotopic (exact) mass is 393 g/mol. The number of sulfonamides is 1. The third-order valence-electron chi connectivity index (χ3n) is 4.48. The van der Waals surface area contributed by atoms with Crippen molar-refractivity contribution in [3.63, 3.8) is 0 Å². The topological polar surface area (TPSA) is 100 Å². The number of likely N-dealkylation sites (tertiary alicyclic amines) is 1. The first-order valence-electron chi connectivity index (χ1n) is 7.93. The molecule has 1 fully saturated rings. The molecule has 1 saturated heterocycles. The number of halogens is 1. The molecule has 8 nitrogen and oxygen atoms in total. The molecule has 10 heteroatoms. The number of aromatic amines is 1. The van der Waals surface area contributed by atoms with Crippen molar-refractivity contribution >= 4 is 44.1 Å². The van der Waals surface area contributed by atoms with Crippen LogP contribution in [0.1, 0.15) is 13.0 Å². The molecule has 26 heavy (non-hydrogen) atoms. The summed E-state index contributed by atoms with van der Waals surface area (Å²) in [6, 6.07) is 5.19. The van der Waals surface area contributed by atoms with E-state index in [0.717, 1.165) is 5.39 Å². The van der Waals surface area contributed by atoms with Gasteiger partial charge in [-0.05, 0) is 6.07 Å². The van der Waals surface area contributed by atoms with Crippen LogP contribution >= 0.6 is 11.6 Å². The number of rotatable bonds is 4. The van der Waals surface area contributed by atoms with E-state index in [1.165, 1.54) is 19.3 Å². The number of carbonyl (C=O) groups is 1. The second-order valence-electron chi connectivity index (χ2n) is 6.20. The molecule has 0 unspecified atom stereocenters. The molecular formula is C16H16ClN5O3S. The van der Waals surface area contributed by atoms with Crippen molar-refractivity contribution in [2.24, 2.45) is 0 Å². The molecule has 1 amide bonds. The van der Waals surface area contributed by atoms with Crippen LogP contribution in [0.2, 0.25) is 5.02 Å². The molecule has 4 rings (SSSR count). The molecule has 3 heterocycles. The molecular weight excluding hydrogens is 378 g/mol. The van der Waals surface area contributed by atoms with Gasteiger partial charge in [-0.15, -0.1) is 0 Å². The van der Waals surface area contributed by atoms with Crippen LogP contribution in [-0.4, -0.2) is 47.1 Å². The van der Waals surface area contributed by atoms with Gasteiger partial charge in [-0.2, -0.15) is 5.10 Å². The quantitative estimate of drug-likeness (QED) is 0.709. The Bertz CT molecular complexity index is 1100. The number of nitrogens with zero attached hydrogens (tertiary/aromatic N) is 3. The molecule has 1 aromatic carbocycles. The minimum atomic E-state index is -3.80. The van der Waals surface area contributed by atoms with Crippen molar-refractivity contribution < 1.29 is 13.2 Å². The lowest BCUT2D eigenvalue weighted by Gasteiger charge is -2.38. The predicted molar refractivity (Wildman–Crippen MR) is 97.6 cm³/mol. The summed E-state index contributed by atoms with van der Waals surface area (Å²) in [6.45, 7) is 2.57. The number of hydrogen-bond acceptors (Lipinski definition) is 4. The first-order valence-corrected chi connectivity index (χ1v) is 9.79. The Kier molecular flexibility index (Phi) is 3.92. The van der Waals surface area contributed by atoms with Gasteiger partial charge in [0.2, 0.25) is 5.91 Å². The fourth-order valence-corrected chi connectivity index (χ4v) is 4.17. The molecule has 0 atom stereocenters. The highest BCUT2D eigenvalue weighted by atomic mass is 35.5. The summed E-state index contributed by atoms with van der Waals surface area (Å²) in [5.74, 6) is 0.000575. The van der Waals surface area contributed by atoms with E-state index in [0.29, 0.717) is 29.3 Å². The molecule has 1 aliphatic heterocycles. The van der Waals surface area contributed by atoms with Crippen molar-refractivity contribution in [3.05, 3.63) is 41.8 Å². The second-order valence-corrected chi connectivity index (χ2v) is 8.29. The molecule has 0 radical (unpaired) electrons. The molecule has 136 valence electrons. The Morgan fingerprint density at radius 3 is 2.88 bits per heavy atom. The number of anilines is 1. The first kappa shape index (κ1) is 16.9. The number of nitrogens with one attached hydrogen (secondary N) is 2. The van der Waals surface area contributed by atoms with Gasteiger partial charge in [-0.3, -0.25) is 14.2 Å². The highest BCUT2D eigenvalue weighted by Gasteiger charge is 2.31. The van der Waals surface area contributed by atoms with Gasteiger partial charge in [0.15, 0.2) is 0 Å². The Balaban J connectivity index is 1.57. The third-order valence-corrected chi connectivity index (χ3v) is 6.11. The number of benzene rings is 1. The number of para-hydroxylation sites is 1. The minimum Gasteiger partial charge on any atom is -0.358 e. The highest BCUT2D eigenvalue weighted by molar-refractivity contribution is 7.92. The maximum Gasteiger partial charge on any atom is 0.265 e. The highest BCUT2D eigenvalue weighted by Crippen LogP contribution is 2.30.